The van der Waals surface area contributed by atoms with Gasteiger partial charge in [-0.15, -0.1) is 0 Å². The molecule has 2 heterocycles. The number of amides is 2. The number of carbonyl (C=O) groups excluding carboxylic acids is 2. The van der Waals surface area contributed by atoms with Crippen molar-refractivity contribution in [3.8, 4) is 11.1 Å². The van der Waals surface area contributed by atoms with Crippen molar-refractivity contribution >= 4 is 23.4 Å². The van der Waals surface area contributed by atoms with E-state index in [0.717, 1.165) is 56.0 Å². The second-order valence-corrected chi connectivity index (χ2v) is 9.02. The lowest BCUT2D eigenvalue weighted by Gasteiger charge is -2.48. The van der Waals surface area contributed by atoms with Crippen molar-refractivity contribution in [3.05, 3.63) is 95.0 Å². The highest BCUT2D eigenvalue weighted by Crippen LogP contribution is 2.28. The minimum atomic E-state index is 0.0647. The number of rotatable bonds is 4. The molecule has 33 heavy (non-hydrogen) atoms. The highest BCUT2D eigenvalue weighted by atomic mass is 35.5. The quantitative estimate of drug-likeness (QED) is 0.584. The molecule has 0 aromatic heterocycles. The maximum absolute atomic E-state index is 12.9. The van der Waals surface area contributed by atoms with Crippen molar-refractivity contribution in [2.24, 2.45) is 0 Å². The predicted octanol–water partition coefficient (Wildman–Crippen LogP) is 4.29. The van der Waals surface area contributed by atoms with Gasteiger partial charge in [0.15, 0.2) is 0 Å². The van der Waals surface area contributed by atoms with E-state index in [0.29, 0.717) is 16.6 Å². The van der Waals surface area contributed by atoms with Crippen molar-refractivity contribution in [1.29, 1.82) is 0 Å². The van der Waals surface area contributed by atoms with E-state index in [2.05, 4.69) is 4.90 Å². The highest BCUT2D eigenvalue weighted by Gasteiger charge is 2.37. The Balaban J connectivity index is 1.12. The van der Waals surface area contributed by atoms with Gasteiger partial charge in [0.1, 0.15) is 0 Å². The topological polar surface area (TPSA) is 43.9 Å². The summed E-state index contributed by atoms with van der Waals surface area (Å²) in [4.78, 5) is 31.8. The molecule has 2 aliphatic rings. The fourth-order valence-corrected chi connectivity index (χ4v) is 4.82. The van der Waals surface area contributed by atoms with E-state index in [1.54, 1.807) is 0 Å². The predicted molar refractivity (Wildman–Crippen MR) is 130 cm³/mol. The molecule has 0 saturated carbocycles. The second kappa shape index (κ2) is 9.38. The lowest BCUT2D eigenvalue weighted by atomic mass is 10.0. The maximum atomic E-state index is 12.9. The number of hydrogen-bond acceptors (Lipinski definition) is 3. The lowest BCUT2D eigenvalue weighted by molar-refractivity contribution is 0.00854. The summed E-state index contributed by atoms with van der Waals surface area (Å²) < 4.78 is 0. The van der Waals surface area contributed by atoms with E-state index in [4.69, 9.17) is 11.6 Å². The Bertz CT molecular complexity index is 1140. The molecule has 6 heteroatoms. The number of hydrogen-bond donors (Lipinski definition) is 0. The third kappa shape index (κ3) is 4.52. The average Bonchev–Trinajstić information content (AvgIpc) is 2.84. The molecule has 3 aromatic carbocycles. The van der Waals surface area contributed by atoms with Crippen LogP contribution in [0.3, 0.4) is 0 Å². The molecule has 0 bridgehead atoms. The van der Waals surface area contributed by atoms with Crippen LogP contribution in [0, 0.1) is 0 Å². The highest BCUT2D eigenvalue weighted by molar-refractivity contribution is 6.33. The van der Waals surface area contributed by atoms with E-state index >= 15 is 0 Å². The van der Waals surface area contributed by atoms with Gasteiger partial charge in [0.05, 0.1) is 0 Å². The molecule has 0 unspecified atom stereocenters. The van der Waals surface area contributed by atoms with E-state index < -0.39 is 0 Å². The normalized spacial score (nSPS) is 17.0. The van der Waals surface area contributed by atoms with Gasteiger partial charge in [0, 0.05) is 67.0 Å². The second-order valence-electron chi connectivity index (χ2n) is 8.62. The minimum Gasteiger partial charge on any atom is -0.336 e. The summed E-state index contributed by atoms with van der Waals surface area (Å²) in [5, 5.41) is 0.702. The number of nitrogens with zero attached hydrogens (tertiary/aromatic N) is 3. The van der Waals surface area contributed by atoms with Crippen LogP contribution in [0.1, 0.15) is 20.7 Å². The molecule has 5 rings (SSSR count). The number of piperazine rings is 1. The van der Waals surface area contributed by atoms with Crippen LogP contribution in [0.25, 0.3) is 11.1 Å². The van der Waals surface area contributed by atoms with Crippen LogP contribution in [0.5, 0.6) is 0 Å². The maximum Gasteiger partial charge on any atom is 0.253 e. The van der Waals surface area contributed by atoms with Gasteiger partial charge >= 0.3 is 0 Å². The summed E-state index contributed by atoms with van der Waals surface area (Å²) in [6.45, 7) is 4.61. The Morgan fingerprint density at radius 2 is 1.24 bits per heavy atom. The van der Waals surface area contributed by atoms with Crippen LogP contribution in [-0.2, 0) is 0 Å². The molecule has 2 amide bonds. The van der Waals surface area contributed by atoms with Crippen LogP contribution in [-0.4, -0.2) is 71.8 Å². The Labute approximate surface area is 199 Å². The molecule has 0 N–H and O–H groups in total. The van der Waals surface area contributed by atoms with Gasteiger partial charge in [0.25, 0.3) is 11.8 Å². The van der Waals surface area contributed by atoms with Gasteiger partial charge in [0.2, 0.25) is 0 Å². The Kier molecular flexibility index (Phi) is 6.16. The summed E-state index contributed by atoms with van der Waals surface area (Å²) >= 11 is 6.29. The van der Waals surface area contributed by atoms with Crippen LogP contribution in [0.2, 0.25) is 5.02 Å². The number of carbonyl (C=O) groups is 2. The molecule has 168 valence electrons. The van der Waals surface area contributed by atoms with Gasteiger partial charge in [-0.05, 0) is 35.9 Å². The lowest BCUT2D eigenvalue weighted by Crippen LogP contribution is -2.64. The third-order valence-corrected chi connectivity index (χ3v) is 6.93. The molecule has 3 aromatic rings. The summed E-state index contributed by atoms with van der Waals surface area (Å²) in [6.07, 6.45) is 0. The van der Waals surface area contributed by atoms with E-state index in [1.165, 1.54) is 0 Å². The molecule has 0 aliphatic carbocycles. The van der Waals surface area contributed by atoms with Crippen molar-refractivity contribution in [2.75, 3.05) is 39.3 Å². The first-order chi connectivity index (χ1) is 16.1. The molecular weight excluding hydrogens is 434 g/mol. The van der Waals surface area contributed by atoms with E-state index in [1.807, 2.05) is 88.7 Å². The summed E-state index contributed by atoms with van der Waals surface area (Å²) in [5.74, 6) is 0.163. The SMILES string of the molecule is O=C(c1ccccc1)N1CCN(C2CN(C(=O)c3ccc(-c4ccccc4Cl)cc3)C2)CC1. The standard InChI is InChI=1S/C27H26ClN3O2/c28-25-9-5-4-8-24(25)20-10-12-22(13-11-20)27(33)31-18-23(19-31)29-14-16-30(17-15-29)26(32)21-6-2-1-3-7-21/h1-13,23H,14-19H2. The molecule has 0 atom stereocenters. The molecule has 2 fully saturated rings. The van der Waals surface area contributed by atoms with Gasteiger partial charge in [-0.25, -0.2) is 0 Å². The van der Waals surface area contributed by atoms with Gasteiger partial charge in [-0.2, -0.15) is 0 Å². The largest absolute Gasteiger partial charge is 0.336 e. The smallest absolute Gasteiger partial charge is 0.253 e. The van der Waals surface area contributed by atoms with Crippen molar-refractivity contribution in [2.45, 2.75) is 6.04 Å². The molecule has 0 radical (unpaired) electrons. The van der Waals surface area contributed by atoms with Gasteiger partial charge in [-0.3, -0.25) is 14.5 Å². The fraction of sp³-hybridized carbons (Fsp3) is 0.259. The van der Waals surface area contributed by atoms with Gasteiger partial charge < -0.3 is 9.80 Å². The molecule has 2 saturated heterocycles. The summed E-state index contributed by atoms with van der Waals surface area (Å²) in [7, 11) is 0. The Morgan fingerprint density at radius 3 is 1.91 bits per heavy atom. The third-order valence-electron chi connectivity index (χ3n) is 6.60. The Hall–Kier alpha value is -3.15. The first kappa shape index (κ1) is 21.7. The zero-order valence-electron chi connectivity index (χ0n) is 18.4. The number of likely N-dealkylation sites (tertiary alicyclic amines) is 1. The van der Waals surface area contributed by atoms with E-state index in [-0.39, 0.29) is 11.8 Å². The zero-order chi connectivity index (χ0) is 22.8. The monoisotopic (exact) mass is 459 g/mol. The molecular formula is C27H26ClN3O2. The van der Waals surface area contributed by atoms with E-state index in [9.17, 15) is 9.59 Å². The summed E-state index contributed by atoms with van der Waals surface area (Å²) in [6, 6.07) is 25.2. The zero-order valence-corrected chi connectivity index (χ0v) is 19.1. The van der Waals surface area contributed by atoms with Crippen LogP contribution < -0.4 is 0 Å². The number of halogens is 1. The minimum absolute atomic E-state index is 0.0647. The molecule has 2 aliphatic heterocycles. The Morgan fingerprint density at radius 1 is 0.667 bits per heavy atom. The van der Waals surface area contributed by atoms with Crippen LogP contribution in [0.4, 0.5) is 0 Å². The fourth-order valence-electron chi connectivity index (χ4n) is 4.58. The average molecular weight is 460 g/mol. The van der Waals surface area contributed by atoms with Crippen molar-refractivity contribution in [1.82, 2.24) is 14.7 Å². The summed E-state index contributed by atoms with van der Waals surface area (Å²) in [5.41, 5.74) is 3.41. The van der Waals surface area contributed by atoms with Gasteiger partial charge in [-0.1, -0.05) is 60.1 Å². The first-order valence-corrected chi connectivity index (χ1v) is 11.7. The first-order valence-electron chi connectivity index (χ1n) is 11.3. The number of benzene rings is 3. The van der Waals surface area contributed by atoms with Crippen LogP contribution >= 0.6 is 11.6 Å². The van der Waals surface area contributed by atoms with Crippen molar-refractivity contribution < 1.29 is 9.59 Å². The molecule has 5 nitrogen and oxygen atoms in total. The molecule has 0 spiro atoms. The van der Waals surface area contributed by atoms with Crippen LogP contribution in [0.15, 0.2) is 78.9 Å². The van der Waals surface area contributed by atoms with Crippen molar-refractivity contribution in [3.63, 3.8) is 0 Å².